The van der Waals surface area contributed by atoms with Crippen LogP contribution in [0.2, 0.25) is 0 Å². The van der Waals surface area contributed by atoms with Crippen molar-refractivity contribution in [2.75, 3.05) is 13.2 Å². The van der Waals surface area contributed by atoms with Crippen LogP contribution in [0.5, 0.6) is 0 Å². The zero-order chi connectivity index (χ0) is 9.80. The Kier molecular flexibility index (Phi) is 3.82. The quantitative estimate of drug-likeness (QED) is 0.679. The van der Waals surface area contributed by atoms with E-state index >= 15 is 0 Å². The van der Waals surface area contributed by atoms with Crippen molar-refractivity contribution in [3.8, 4) is 0 Å². The van der Waals surface area contributed by atoms with Crippen LogP contribution in [-0.4, -0.2) is 19.5 Å². The molecule has 1 aliphatic heterocycles. The van der Waals surface area contributed by atoms with Crippen molar-refractivity contribution in [1.29, 1.82) is 0 Å². The molecule has 0 aromatic heterocycles. The standard InChI is InChI=1S/C12H22O2/c1-10-13-8-12(9-14-10)7-11-5-3-2-4-6-11/h10-12H,2-9H2,1H3. The van der Waals surface area contributed by atoms with Gasteiger partial charge in [-0.1, -0.05) is 32.1 Å². The molecule has 14 heavy (non-hydrogen) atoms. The summed E-state index contributed by atoms with van der Waals surface area (Å²) in [6.07, 6.45) is 8.55. The van der Waals surface area contributed by atoms with Gasteiger partial charge in [0.25, 0.3) is 0 Å². The average Bonchev–Trinajstić information content (AvgIpc) is 2.23. The van der Waals surface area contributed by atoms with Crippen molar-refractivity contribution < 1.29 is 9.47 Å². The predicted octanol–water partition coefficient (Wildman–Crippen LogP) is 2.97. The largest absolute Gasteiger partial charge is 0.353 e. The molecule has 0 bridgehead atoms. The van der Waals surface area contributed by atoms with Crippen molar-refractivity contribution in [1.82, 2.24) is 0 Å². The summed E-state index contributed by atoms with van der Waals surface area (Å²) < 4.78 is 11.0. The maximum absolute atomic E-state index is 5.51. The van der Waals surface area contributed by atoms with Gasteiger partial charge in [-0.3, -0.25) is 0 Å². The molecule has 0 atom stereocenters. The predicted molar refractivity (Wildman–Crippen MR) is 56.0 cm³/mol. The minimum absolute atomic E-state index is 0.0256. The first kappa shape index (κ1) is 10.4. The van der Waals surface area contributed by atoms with Crippen LogP contribution in [0.1, 0.15) is 45.4 Å². The van der Waals surface area contributed by atoms with Gasteiger partial charge in [-0.25, -0.2) is 0 Å². The van der Waals surface area contributed by atoms with Crippen LogP contribution in [0.4, 0.5) is 0 Å². The molecule has 2 fully saturated rings. The van der Waals surface area contributed by atoms with Gasteiger partial charge >= 0.3 is 0 Å². The van der Waals surface area contributed by atoms with Gasteiger partial charge in [-0.2, -0.15) is 0 Å². The zero-order valence-corrected chi connectivity index (χ0v) is 9.21. The minimum Gasteiger partial charge on any atom is -0.353 e. The van der Waals surface area contributed by atoms with Crippen molar-refractivity contribution in [3.05, 3.63) is 0 Å². The Morgan fingerprint density at radius 1 is 0.929 bits per heavy atom. The summed E-state index contributed by atoms with van der Waals surface area (Å²) >= 11 is 0. The number of hydrogen-bond acceptors (Lipinski definition) is 2. The SMILES string of the molecule is CC1OCC(CC2CCCCC2)CO1. The second-order valence-corrected chi connectivity index (χ2v) is 4.84. The fourth-order valence-corrected chi connectivity index (χ4v) is 2.67. The highest BCUT2D eigenvalue weighted by Crippen LogP contribution is 2.30. The molecule has 0 aromatic rings. The lowest BCUT2D eigenvalue weighted by Gasteiger charge is -2.31. The van der Waals surface area contributed by atoms with E-state index in [2.05, 4.69) is 0 Å². The van der Waals surface area contributed by atoms with Crippen molar-refractivity contribution in [2.45, 2.75) is 51.7 Å². The first-order valence-electron chi connectivity index (χ1n) is 6.08. The third-order valence-electron chi connectivity index (χ3n) is 3.52. The highest BCUT2D eigenvalue weighted by molar-refractivity contribution is 4.71. The molecule has 1 saturated carbocycles. The van der Waals surface area contributed by atoms with Crippen molar-refractivity contribution >= 4 is 0 Å². The van der Waals surface area contributed by atoms with E-state index in [1.54, 1.807) is 0 Å². The van der Waals surface area contributed by atoms with E-state index in [1.807, 2.05) is 6.92 Å². The van der Waals surface area contributed by atoms with E-state index in [4.69, 9.17) is 9.47 Å². The van der Waals surface area contributed by atoms with Gasteiger partial charge in [0.1, 0.15) is 0 Å². The lowest BCUT2D eigenvalue weighted by atomic mass is 9.83. The molecular formula is C12H22O2. The molecule has 2 aliphatic rings. The first-order chi connectivity index (χ1) is 6.84. The van der Waals surface area contributed by atoms with Gasteiger partial charge in [0.05, 0.1) is 13.2 Å². The average molecular weight is 198 g/mol. The smallest absolute Gasteiger partial charge is 0.154 e. The molecule has 1 heterocycles. The van der Waals surface area contributed by atoms with Crippen molar-refractivity contribution in [2.24, 2.45) is 11.8 Å². The highest BCUT2D eigenvalue weighted by Gasteiger charge is 2.23. The van der Waals surface area contributed by atoms with Crippen LogP contribution in [-0.2, 0) is 9.47 Å². The Labute approximate surface area is 87.0 Å². The van der Waals surface area contributed by atoms with Crippen LogP contribution in [0.3, 0.4) is 0 Å². The monoisotopic (exact) mass is 198 g/mol. The van der Waals surface area contributed by atoms with E-state index in [1.165, 1.54) is 38.5 Å². The fourth-order valence-electron chi connectivity index (χ4n) is 2.67. The van der Waals surface area contributed by atoms with Gasteiger partial charge in [-0.05, 0) is 19.3 Å². The molecule has 0 aromatic carbocycles. The van der Waals surface area contributed by atoms with E-state index in [-0.39, 0.29) is 6.29 Å². The zero-order valence-electron chi connectivity index (χ0n) is 9.21. The van der Waals surface area contributed by atoms with Crippen LogP contribution in [0.25, 0.3) is 0 Å². The molecule has 0 radical (unpaired) electrons. The fraction of sp³-hybridized carbons (Fsp3) is 1.00. The van der Waals surface area contributed by atoms with E-state index in [0.717, 1.165) is 19.1 Å². The third kappa shape index (κ3) is 2.96. The summed E-state index contributed by atoms with van der Waals surface area (Å²) in [7, 11) is 0. The molecule has 0 N–H and O–H groups in total. The summed E-state index contributed by atoms with van der Waals surface area (Å²) in [4.78, 5) is 0. The Morgan fingerprint density at radius 2 is 1.57 bits per heavy atom. The minimum atomic E-state index is 0.0256. The Balaban J connectivity index is 1.68. The molecule has 2 nitrogen and oxygen atoms in total. The number of hydrogen-bond donors (Lipinski definition) is 0. The molecule has 82 valence electrons. The van der Waals surface area contributed by atoms with Crippen LogP contribution < -0.4 is 0 Å². The second kappa shape index (κ2) is 5.13. The van der Waals surface area contributed by atoms with Crippen LogP contribution in [0.15, 0.2) is 0 Å². The van der Waals surface area contributed by atoms with Gasteiger partial charge < -0.3 is 9.47 Å². The van der Waals surface area contributed by atoms with E-state index in [0.29, 0.717) is 5.92 Å². The molecule has 2 heteroatoms. The highest BCUT2D eigenvalue weighted by atomic mass is 16.7. The lowest BCUT2D eigenvalue weighted by molar-refractivity contribution is -0.193. The molecule has 1 aliphatic carbocycles. The van der Waals surface area contributed by atoms with Crippen molar-refractivity contribution in [3.63, 3.8) is 0 Å². The van der Waals surface area contributed by atoms with Gasteiger partial charge in [0.2, 0.25) is 0 Å². The van der Waals surface area contributed by atoms with Crippen LogP contribution in [0, 0.1) is 11.8 Å². The summed E-state index contributed by atoms with van der Waals surface area (Å²) in [6, 6.07) is 0. The van der Waals surface area contributed by atoms with Gasteiger partial charge in [-0.15, -0.1) is 0 Å². The molecule has 0 unspecified atom stereocenters. The maximum Gasteiger partial charge on any atom is 0.154 e. The summed E-state index contributed by atoms with van der Waals surface area (Å²) in [5.41, 5.74) is 0. The number of rotatable bonds is 2. The van der Waals surface area contributed by atoms with E-state index < -0.39 is 0 Å². The maximum atomic E-state index is 5.51. The molecule has 2 rings (SSSR count). The second-order valence-electron chi connectivity index (χ2n) is 4.84. The number of ether oxygens (including phenoxy) is 2. The van der Waals surface area contributed by atoms with Gasteiger partial charge in [0.15, 0.2) is 6.29 Å². The summed E-state index contributed by atoms with van der Waals surface area (Å²) in [5.74, 6) is 1.61. The molecular weight excluding hydrogens is 176 g/mol. The molecule has 0 amide bonds. The third-order valence-corrected chi connectivity index (χ3v) is 3.52. The first-order valence-corrected chi connectivity index (χ1v) is 6.08. The molecule has 0 spiro atoms. The normalized spacial score (nSPS) is 35.8. The van der Waals surface area contributed by atoms with Gasteiger partial charge in [0, 0.05) is 5.92 Å². The Bertz CT molecular complexity index is 156. The lowest BCUT2D eigenvalue weighted by Crippen LogP contribution is -2.31. The van der Waals surface area contributed by atoms with E-state index in [9.17, 15) is 0 Å². The topological polar surface area (TPSA) is 18.5 Å². The van der Waals surface area contributed by atoms with Crippen LogP contribution >= 0.6 is 0 Å². The molecule has 1 saturated heterocycles. The summed E-state index contributed by atoms with van der Waals surface area (Å²) in [5, 5.41) is 0. The summed E-state index contributed by atoms with van der Waals surface area (Å²) in [6.45, 7) is 3.81. The Hall–Kier alpha value is -0.0800. The Morgan fingerprint density at radius 3 is 2.21 bits per heavy atom.